The van der Waals surface area contributed by atoms with Crippen molar-refractivity contribution in [3.63, 3.8) is 0 Å². The topological polar surface area (TPSA) is 66.4 Å². The van der Waals surface area contributed by atoms with Crippen molar-refractivity contribution in [3.05, 3.63) is 15.8 Å². The van der Waals surface area contributed by atoms with E-state index in [0.29, 0.717) is 11.4 Å². The lowest BCUT2D eigenvalue weighted by Crippen LogP contribution is -2.31. The summed E-state index contributed by atoms with van der Waals surface area (Å²) in [4.78, 5) is 0.813. The first-order valence-electron chi connectivity index (χ1n) is 6.66. The van der Waals surface area contributed by atoms with Gasteiger partial charge in [0.25, 0.3) is 0 Å². The molecule has 0 spiro atoms. The number of sulfonamides is 1. The highest BCUT2D eigenvalue weighted by Gasteiger charge is 2.53. The van der Waals surface area contributed by atoms with Crippen molar-refractivity contribution in [2.45, 2.75) is 44.1 Å². The minimum atomic E-state index is -3.49. The standard InChI is InChI=1S/C13H19NO3S2/c1-9-7-18-11(6-15)12(9)19(16,17)14-8-13(4-5-13)10-2-3-10/h7,10,14-15H,2-6,8H2,1H3. The highest BCUT2D eigenvalue weighted by atomic mass is 32.2. The SMILES string of the molecule is Cc1csc(CO)c1S(=O)(=O)NCC1(C2CC2)CC1. The van der Waals surface area contributed by atoms with E-state index in [1.807, 2.05) is 0 Å². The lowest BCUT2D eigenvalue weighted by molar-refractivity contribution is 0.282. The van der Waals surface area contributed by atoms with Gasteiger partial charge in [-0.25, -0.2) is 13.1 Å². The summed E-state index contributed by atoms with van der Waals surface area (Å²) < 4.78 is 27.6. The molecule has 4 nitrogen and oxygen atoms in total. The van der Waals surface area contributed by atoms with Crippen molar-refractivity contribution in [3.8, 4) is 0 Å². The first-order chi connectivity index (χ1) is 8.98. The Balaban J connectivity index is 1.77. The van der Waals surface area contributed by atoms with Crippen LogP contribution in [0.3, 0.4) is 0 Å². The lowest BCUT2D eigenvalue weighted by atomic mass is 10.0. The number of aliphatic hydroxyl groups excluding tert-OH is 1. The molecule has 2 N–H and O–H groups in total. The second kappa shape index (κ2) is 4.55. The van der Waals surface area contributed by atoms with Crippen LogP contribution in [0.1, 0.15) is 36.1 Å². The Morgan fingerprint density at radius 1 is 1.47 bits per heavy atom. The molecule has 0 atom stereocenters. The van der Waals surface area contributed by atoms with Crippen molar-refractivity contribution in [2.75, 3.05) is 6.54 Å². The van der Waals surface area contributed by atoms with Gasteiger partial charge < -0.3 is 5.11 Å². The maximum absolute atomic E-state index is 12.4. The number of aliphatic hydroxyl groups is 1. The fourth-order valence-electron chi connectivity index (χ4n) is 2.85. The molecule has 106 valence electrons. The van der Waals surface area contributed by atoms with Gasteiger partial charge in [0.2, 0.25) is 10.0 Å². The predicted molar refractivity (Wildman–Crippen MR) is 74.6 cm³/mol. The van der Waals surface area contributed by atoms with Crippen LogP contribution in [0.25, 0.3) is 0 Å². The van der Waals surface area contributed by atoms with E-state index in [1.165, 1.54) is 24.2 Å². The Labute approximate surface area is 117 Å². The number of nitrogens with one attached hydrogen (secondary N) is 1. The Bertz CT molecular complexity index is 583. The van der Waals surface area contributed by atoms with Gasteiger partial charge in [-0.3, -0.25) is 0 Å². The van der Waals surface area contributed by atoms with Crippen molar-refractivity contribution < 1.29 is 13.5 Å². The molecule has 0 saturated heterocycles. The van der Waals surface area contributed by atoms with Gasteiger partial charge in [0.15, 0.2) is 0 Å². The molecule has 0 radical (unpaired) electrons. The van der Waals surface area contributed by atoms with Crippen LogP contribution in [-0.2, 0) is 16.6 Å². The van der Waals surface area contributed by atoms with Gasteiger partial charge in [-0.05, 0) is 54.9 Å². The van der Waals surface area contributed by atoms with E-state index in [9.17, 15) is 13.5 Å². The van der Waals surface area contributed by atoms with Crippen LogP contribution in [0.4, 0.5) is 0 Å². The molecule has 0 amide bonds. The van der Waals surface area contributed by atoms with Crippen LogP contribution >= 0.6 is 11.3 Å². The third-order valence-electron chi connectivity index (χ3n) is 4.35. The molecule has 2 aliphatic rings. The third-order valence-corrected chi connectivity index (χ3v) is 7.20. The van der Waals surface area contributed by atoms with E-state index < -0.39 is 10.0 Å². The highest BCUT2D eigenvalue weighted by molar-refractivity contribution is 7.89. The van der Waals surface area contributed by atoms with E-state index in [1.54, 1.807) is 12.3 Å². The van der Waals surface area contributed by atoms with Crippen LogP contribution in [0.5, 0.6) is 0 Å². The zero-order valence-electron chi connectivity index (χ0n) is 11.0. The molecule has 2 fully saturated rings. The van der Waals surface area contributed by atoms with Crippen molar-refractivity contribution in [1.29, 1.82) is 0 Å². The average molecular weight is 301 g/mol. The Kier molecular flexibility index (Phi) is 3.24. The molecule has 0 aliphatic heterocycles. The maximum atomic E-state index is 12.4. The van der Waals surface area contributed by atoms with Gasteiger partial charge in [0.05, 0.1) is 11.5 Å². The zero-order valence-corrected chi connectivity index (χ0v) is 12.6. The first kappa shape index (κ1) is 13.5. The van der Waals surface area contributed by atoms with Gasteiger partial charge in [-0.2, -0.15) is 0 Å². The summed E-state index contributed by atoms with van der Waals surface area (Å²) >= 11 is 1.30. The average Bonchev–Trinajstić information content (AvgIpc) is 3.23. The molecule has 1 heterocycles. The molecule has 1 aromatic rings. The molecule has 3 rings (SSSR count). The molecule has 19 heavy (non-hydrogen) atoms. The van der Waals surface area contributed by atoms with Gasteiger partial charge in [-0.1, -0.05) is 0 Å². The van der Waals surface area contributed by atoms with Crippen molar-refractivity contribution in [1.82, 2.24) is 4.72 Å². The second-order valence-electron chi connectivity index (χ2n) is 5.79. The maximum Gasteiger partial charge on any atom is 0.242 e. The normalized spacial score (nSPS) is 21.6. The predicted octanol–water partition coefficient (Wildman–Crippen LogP) is 2.02. The number of thiophene rings is 1. The number of hydrogen-bond donors (Lipinski definition) is 2. The fraction of sp³-hybridized carbons (Fsp3) is 0.692. The van der Waals surface area contributed by atoms with Gasteiger partial charge in [-0.15, -0.1) is 11.3 Å². The quantitative estimate of drug-likeness (QED) is 0.845. The summed E-state index contributed by atoms with van der Waals surface area (Å²) in [5.74, 6) is 0.732. The molecule has 0 aromatic carbocycles. The fourth-order valence-corrected chi connectivity index (χ4v) is 5.65. The molecule has 1 aromatic heterocycles. The summed E-state index contributed by atoms with van der Waals surface area (Å²) in [6, 6.07) is 0. The van der Waals surface area contributed by atoms with Crippen molar-refractivity contribution >= 4 is 21.4 Å². The van der Waals surface area contributed by atoms with Crippen LogP contribution in [-0.4, -0.2) is 20.1 Å². The van der Waals surface area contributed by atoms with Gasteiger partial charge in [0, 0.05) is 6.54 Å². The summed E-state index contributed by atoms with van der Waals surface area (Å²) in [5, 5.41) is 11.0. The van der Waals surface area contributed by atoms with Gasteiger partial charge >= 0.3 is 0 Å². The largest absolute Gasteiger partial charge is 0.391 e. The zero-order chi connectivity index (χ0) is 13.7. The van der Waals surface area contributed by atoms with Crippen LogP contribution in [0, 0.1) is 18.3 Å². The minimum absolute atomic E-state index is 0.220. The number of rotatable bonds is 6. The van der Waals surface area contributed by atoms with Crippen LogP contribution in [0.2, 0.25) is 0 Å². The lowest BCUT2D eigenvalue weighted by Gasteiger charge is -2.15. The summed E-state index contributed by atoms with van der Waals surface area (Å²) in [6.07, 6.45) is 4.80. The Morgan fingerprint density at radius 2 is 2.16 bits per heavy atom. The molecule has 2 aliphatic carbocycles. The number of hydrogen-bond acceptors (Lipinski definition) is 4. The second-order valence-corrected chi connectivity index (χ2v) is 8.46. The summed E-state index contributed by atoms with van der Waals surface area (Å²) in [5.41, 5.74) is 0.967. The van der Waals surface area contributed by atoms with Gasteiger partial charge in [0.1, 0.15) is 4.90 Å². The third kappa shape index (κ3) is 2.46. The highest BCUT2D eigenvalue weighted by Crippen LogP contribution is 2.60. The summed E-state index contributed by atoms with van der Waals surface area (Å²) in [6.45, 7) is 2.11. The van der Waals surface area contributed by atoms with Crippen LogP contribution < -0.4 is 4.72 Å². The first-order valence-corrected chi connectivity index (χ1v) is 9.02. The monoisotopic (exact) mass is 301 g/mol. The van der Waals surface area contributed by atoms with E-state index >= 15 is 0 Å². The van der Waals surface area contributed by atoms with E-state index in [4.69, 9.17) is 0 Å². The Morgan fingerprint density at radius 3 is 2.68 bits per heavy atom. The summed E-state index contributed by atoms with van der Waals surface area (Å²) in [7, 11) is -3.49. The molecular formula is C13H19NO3S2. The smallest absolute Gasteiger partial charge is 0.242 e. The van der Waals surface area contributed by atoms with E-state index in [-0.39, 0.29) is 16.9 Å². The molecular weight excluding hydrogens is 282 g/mol. The molecule has 6 heteroatoms. The molecule has 0 bridgehead atoms. The van der Waals surface area contributed by atoms with E-state index in [2.05, 4.69) is 4.72 Å². The number of aryl methyl sites for hydroxylation is 1. The molecule has 0 unspecified atom stereocenters. The van der Waals surface area contributed by atoms with E-state index in [0.717, 1.165) is 24.3 Å². The minimum Gasteiger partial charge on any atom is -0.391 e. The van der Waals surface area contributed by atoms with Crippen molar-refractivity contribution in [2.24, 2.45) is 11.3 Å². The molecule has 2 saturated carbocycles. The van der Waals surface area contributed by atoms with Crippen LogP contribution in [0.15, 0.2) is 10.3 Å². The Hall–Kier alpha value is -0.430.